The molecule has 1 rings (SSSR count). The van der Waals surface area contributed by atoms with E-state index in [1.807, 2.05) is 6.08 Å². The van der Waals surface area contributed by atoms with E-state index in [0.29, 0.717) is 6.54 Å². The van der Waals surface area contributed by atoms with Gasteiger partial charge in [-0.15, -0.1) is 6.58 Å². The molecule has 0 bridgehead atoms. The third-order valence-corrected chi connectivity index (χ3v) is 4.16. The predicted octanol–water partition coefficient (Wildman–Crippen LogP) is 3.02. The van der Waals surface area contributed by atoms with Gasteiger partial charge in [0, 0.05) is 13.6 Å². The summed E-state index contributed by atoms with van der Waals surface area (Å²) in [6, 6.07) is -1.03. The molecule has 0 spiro atoms. The number of amides is 2. The molecule has 1 fully saturated rings. The molecule has 2 amide bonds. The SMILES string of the molecule is C=CCCCCCN(C)C(=O)N[C@H](C(=O)O)C1CCCC1. The summed E-state index contributed by atoms with van der Waals surface area (Å²) in [6.07, 6.45) is 9.86. The van der Waals surface area contributed by atoms with Crippen molar-refractivity contribution in [2.24, 2.45) is 5.92 Å². The lowest BCUT2D eigenvalue weighted by molar-refractivity contribution is -0.140. The van der Waals surface area contributed by atoms with Crippen molar-refractivity contribution >= 4 is 12.0 Å². The maximum absolute atomic E-state index is 12.1. The van der Waals surface area contributed by atoms with Gasteiger partial charge in [-0.05, 0) is 38.0 Å². The lowest BCUT2D eigenvalue weighted by Gasteiger charge is -2.24. The van der Waals surface area contributed by atoms with Crippen molar-refractivity contribution < 1.29 is 14.7 Å². The van der Waals surface area contributed by atoms with Crippen molar-refractivity contribution in [1.29, 1.82) is 0 Å². The maximum Gasteiger partial charge on any atom is 0.326 e. The van der Waals surface area contributed by atoms with Gasteiger partial charge in [0.25, 0.3) is 0 Å². The molecule has 21 heavy (non-hydrogen) atoms. The molecule has 1 saturated carbocycles. The second-order valence-electron chi connectivity index (χ2n) is 5.87. The van der Waals surface area contributed by atoms with Crippen LogP contribution in [0.3, 0.4) is 0 Å². The molecule has 5 heteroatoms. The van der Waals surface area contributed by atoms with E-state index in [1.54, 1.807) is 11.9 Å². The number of carboxylic acid groups (broad SMARTS) is 1. The van der Waals surface area contributed by atoms with Gasteiger partial charge in [-0.1, -0.05) is 25.3 Å². The van der Waals surface area contributed by atoms with Crippen LogP contribution in [-0.4, -0.2) is 41.6 Å². The van der Waals surface area contributed by atoms with Gasteiger partial charge in [0.05, 0.1) is 0 Å². The lowest BCUT2D eigenvalue weighted by atomic mass is 9.98. The number of urea groups is 1. The van der Waals surface area contributed by atoms with Gasteiger partial charge in [0.2, 0.25) is 0 Å². The molecular formula is C16H28N2O3. The number of carboxylic acids is 1. The van der Waals surface area contributed by atoms with Crippen molar-refractivity contribution in [1.82, 2.24) is 10.2 Å². The second kappa shape index (κ2) is 9.42. The number of unbranched alkanes of at least 4 members (excludes halogenated alkanes) is 3. The Bertz CT molecular complexity index is 351. The van der Waals surface area contributed by atoms with E-state index >= 15 is 0 Å². The van der Waals surface area contributed by atoms with Gasteiger partial charge >= 0.3 is 12.0 Å². The molecular weight excluding hydrogens is 268 g/mol. The first-order valence-electron chi connectivity index (χ1n) is 7.91. The number of aliphatic carboxylic acids is 1. The molecule has 0 radical (unpaired) electrons. The van der Waals surface area contributed by atoms with E-state index in [9.17, 15) is 14.7 Å². The van der Waals surface area contributed by atoms with Crippen molar-refractivity contribution in [2.45, 2.75) is 57.4 Å². The van der Waals surface area contributed by atoms with Crippen LogP contribution in [0.15, 0.2) is 12.7 Å². The monoisotopic (exact) mass is 296 g/mol. The number of carbonyl (C=O) groups excluding carboxylic acids is 1. The van der Waals surface area contributed by atoms with Crippen LogP contribution in [0.1, 0.15) is 51.4 Å². The fourth-order valence-electron chi connectivity index (χ4n) is 2.83. The lowest BCUT2D eigenvalue weighted by Crippen LogP contribution is -2.49. The molecule has 1 aliphatic rings. The van der Waals surface area contributed by atoms with Crippen LogP contribution >= 0.6 is 0 Å². The average molecular weight is 296 g/mol. The molecule has 0 aromatic heterocycles. The van der Waals surface area contributed by atoms with Crippen LogP contribution < -0.4 is 5.32 Å². The zero-order chi connectivity index (χ0) is 15.7. The van der Waals surface area contributed by atoms with E-state index in [2.05, 4.69) is 11.9 Å². The van der Waals surface area contributed by atoms with Gasteiger partial charge in [-0.3, -0.25) is 0 Å². The van der Waals surface area contributed by atoms with Crippen LogP contribution in [0.25, 0.3) is 0 Å². The largest absolute Gasteiger partial charge is 0.480 e. The fraction of sp³-hybridized carbons (Fsp3) is 0.750. The molecule has 0 aliphatic heterocycles. The number of carbonyl (C=O) groups is 2. The highest BCUT2D eigenvalue weighted by atomic mass is 16.4. The van der Waals surface area contributed by atoms with Crippen molar-refractivity contribution in [2.75, 3.05) is 13.6 Å². The van der Waals surface area contributed by atoms with E-state index in [-0.39, 0.29) is 11.9 Å². The number of hydrogen-bond acceptors (Lipinski definition) is 2. The Morgan fingerprint density at radius 2 is 2.00 bits per heavy atom. The van der Waals surface area contributed by atoms with E-state index in [0.717, 1.165) is 51.4 Å². The second-order valence-corrected chi connectivity index (χ2v) is 5.87. The van der Waals surface area contributed by atoms with E-state index in [4.69, 9.17) is 0 Å². The number of allylic oxidation sites excluding steroid dienone is 1. The normalized spacial score (nSPS) is 16.4. The molecule has 0 heterocycles. The van der Waals surface area contributed by atoms with Crippen LogP contribution in [0, 0.1) is 5.92 Å². The molecule has 120 valence electrons. The summed E-state index contributed by atoms with van der Waals surface area (Å²) in [5, 5.41) is 12.0. The molecule has 0 aromatic rings. The summed E-state index contributed by atoms with van der Waals surface area (Å²) in [7, 11) is 1.72. The smallest absolute Gasteiger partial charge is 0.326 e. The van der Waals surface area contributed by atoms with E-state index < -0.39 is 12.0 Å². The highest BCUT2D eigenvalue weighted by Gasteiger charge is 2.32. The Morgan fingerprint density at radius 1 is 1.33 bits per heavy atom. The minimum absolute atomic E-state index is 0.0763. The van der Waals surface area contributed by atoms with Gasteiger partial charge in [0.15, 0.2) is 0 Å². The third kappa shape index (κ3) is 6.19. The minimum atomic E-state index is -0.922. The molecule has 0 aromatic carbocycles. The first kappa shape index (κ1) is 17.5. The first-order valence-corrected chi connectivity index (χ1v) is 7.91. The average Bonchev–Trinajstić information content (AvgIpc) is 2.97. The van der Waals surface area contributed by atoms with Crippen LogP contribution in [-0.2, 0) is 4.79 Å². The first-order chi connectivity index (χ1) is 10.1. The third-order valence-electron chi connectivity index (χ3n) is 4.16. The Balaban J connectivity index is 2.34. The maximum atomic E-state index is 12.1. The summed E-state index contributed by atoms with van der Waals surface area (Å²) in [5.74, 6) is -0.845. The van der Waals surface area contributed by atoms with Crippen LogP contribution in [0.5, 0.6) is 0 Å². The summed E-state index contributed by atoms with van der Waals surface area (Å²) < 4.78 is 0. The summed E-state index contributed by atoms with van der Waals surface area (Å²) in [5.41, 5.74) is 0. The number of hydrogen-bond donors (Lipinski definition) is 2. The highest BCUT2D eigenvalue weighted by Crippen LogP contribution is 2.27. The van der Waals surface area contributed by atoms with Gasteiger partial charge < -0.3 is 15.3 Å². The number of nitrogens with one attached hydrogen (secondary N) is 1. The summed E-state index contributed by atoms with van der Waals surface area (Å²) in [6.45, 7) is 4.33. The summed E-state index contributed by atoms with van der Waals surface area (Å²) in [4.78, 5) is 25.0. The van der Waals surface area contributed by atoms with Gasteiger partial charge in [0.1, 0.15) is 6.04 Å². The summed E-state index contributed by atoms with van der Waals surface area (Å²) >= 11 is 0. The molecule has 0 unspecified atom stereocenters. The molecule has 5 nitrogen and oxygen atoms in total. The van der Waals surface area contributed by atoms with Crippen molar-refractivity contribution in [3.05, 3.63) is 12.7 Å². The zero-order valence-corrected chi connectivity index (χ0v) is 13.0. The molecule has 1 atom stereocenters. The highest BCUT2D eigenvalue weighted by molar-refractivity contribution is 5.82. The Morgan fingerprint density at radius 3 is 2.57 bits per heavy atom. The Kier molecular flexibility index (Phi) is 7.87. The Labute approximate surface area is 127 Å². The molecule has 0 saturated heterocycles. The van der Waals surface area contributed by atoms with Gasteiger partial charge in [-0.2, -0.15) is 0 Å². The predicted molar refractivity (Wildman–Crippen MR) is 83.2 cm³/mol. The van der Waals surface area contributed by atoms with E-state index in [1.165, 1.54) is 0 Å². The quantitative estimate of drug-likeness (QED) is 0.507. The standard InChI is InChI=1S/C16H28N2O3/c1-3-4-5-6-9-12-18(2)16(21)17-14(15(19)20)13-10-7-8-11-13/h3,13-14H,1,4-12H2,2H3,(H,17,21)(H,19,20)/t14-/m0/s1. The molecule has 2 N–H and O–H groups in total. The van der Waals surface area contributed by atoms with Crippen LogP contribution in [0.4, 0.5) is 4.79 Å². The van der Waals surface area contributed by atoms with Crippen molar-refractivity contribution in [3.63, 3.8) is 0 Å². The zero-order valence-electron chi connectivity index (χ0n) is 13.0. The number of nitrogens with zero attached hydrogens (tertiary/aromatic N) is 1. The topological polar surface area (TPSA) is 69.6 Å². The number of rotatable bonds is 9. The van der Waals surface area contributed by atoms with Gasteiger partial charge in [-0.25, -0.2) is 9.59 Å². The minimum Gasteiger partial charge on any atom is -0.480 e. The van der Waals surface area contributed by atoms with Crippen LogP contribution in [0.2, 0.25) is 0 Å². The Hall–Kier alpha value is -1.52. The van der Waals surface area contributed by atoms with Crippen molar-refractivity contribution in [3.8, 4) is 0 Å². The molecule has 1 aliphatic carbocycles. The fourth-order valence-corrected chi connectivity index (χ4v) is 2.83.